The lowest BCUT2D eigenvalue weighted by Crippen LogP contribution is -2.39. The Hall–Kier alpha value is -1.39. The molecule has 5 heteroatoms. The number of aryl methyl sites for hydroxylation is 1. The molecule has 0 N–H and O–H groups in total. The third-order valence-corrected chi connectivity index (χ3v) is 4.86. The number of carbonyl (C=O) groups excluding carboxylic acids is 1. The number of nitrogens with zero attached hydrogens (tertiary/aromatic N) is 3. The Kier molecular flexibility index (Phi) is 5.01. The van der Waals surface area contributed by atoms with Gasteiger partial charge in [-0.15, -0.1) is 10.2 Å². The summed E-state index contributed by atoms with van der Waals surface area (Å²) >= 11 is 0. The van der Waals surface area contributed by atoms with E-state index in [1.165, 1.54) is 12.8 Å². The molecule has 1 aromatic heterocycles. The van der Waals surface area contributed by atoms with Crippen molar-refractivity contribution in [3.63, 3.8) is 0 Å². The maximum Gasteiger partial charge on any atom is 0.319 e. The van der Waals surface area contributed by atoms with Gasteiger partial charge in [0.1, 0.15) is 11.2 Å². The first-order valence-corrected chi connectivity index (χ1v) is 8.19. The quantitative estimate of drug-likeness (QED) is 0.755. The molecule has 118 valence electrons. The van der Waals surface area contributed by atoms with E-state index in [1.54, 1.807) is 0 Å². The molecular formula is C16H27N3O2. The monoisotopic (exact) mass is 293 g/mol. The van der Waals surface area contributed by atoms with Crippen molar-refractivity contribution in [2.24, 2.45) is 0 Å². The van der Waals surface area contributed by atoms with Crippen LogP contribution in [0.4, 0.5) is 0 Å². The van der Waals surface area contributed by atoms with E-state index in [2.05, 4.69) is 14.8 Å². The van der Waals surface area contributed by atoms with Gasteiger partial charge in [0.15, 0.2) is 5.82 Å². The van der Waals surface area contributed by atoms with Crippen LogP contribution >= 0.6 is 0 Å². The lowest BCUT2D eigenvalue weighted by atomic mass is 9.81. The topological polar surface area (TPSA) is 57.0 Å². The Labute approximate surface area is 127 Å². The van der Waals surface area contributed by atoms with Crippen LogP contribution in [0.5, 0.6) is 0 Å². The number of esters is 1. The average molecular weight is 293 g/mol. The zero-order valence-electron chi connectivity index (χ0n) is 13.7. The zero-order chi connectivity index (χ0) is 15.5. The van der Waals surface area contributed by atoms with Crippen molar-refractivity contribution in [3.8, 4) is 0 Å². The van der Waals surface area contributed by atoms with Crippen molar-refractivity contribution in [1.29, 1.82) is 0 Å². The lowest BCUT2D eigenvalue weighted by Gasteiger charge is -2.30. The van der Waals surface area contributed by atoms with Gasteiger partial charge in [-0.2, -0.15) is 0 Å². The molecule has 1 heterocycles. The Morgan fingerprint density at radius 2 is 1.86 bits per heavy atom. The van der Waals surface area contributed by atoms with Crippen LogP contribution in [0.3, 0.4) is 0 Å². The van der Waals surface area contributed by atoms with E-state index >= 15 is 0 Å². The van der Waals surface area contributed by atoms with Crippen LogP contribution in [0.2, 0.25) is 0 Å². The van der Waals surface area contributed by atoms with Crippen LogP contribution in [0, 0.1) is 6.92 Å². The summed E-state index contributed by atoms with van der Waals surface area (Å²) < 4.78 is 7.56. The molecule has 0 aromatic carbocycles. The highest BCUT2D eigenvalue weighted by molar-refractivity contribution is 5.82. The number of hydrogen-bond donors (Lipinski definition) is 0. The van der Waals surface area contributed by atoms with E-state index in [0.717, 1.165) is 24.5 Å². The highest BCUT2D eigenvalue weighted by Crippen LogP contribution is 2.38. The normalized spacial score (nSPS) is 16.4. The molecule has 0 amide bonds. The van der Waals surface area contributed by atoms with Gasteiger partial charge in [0.25, 0.3) is 0 Å². The van der Waals surface area contributed by atoms with E-state index in [9.17, 15) is 4.79 Å². The molecule has 0 bridgehead atoms. The van der Waals surface area contributed by atoms with Crippen LogP contribution in [-0.2, 0) is 14.9 Å². The summed E-state index contributed by atoms with van der Waals surface area (Å²) in [5.74, 6) is 1.55. The average Bonchev–Trinajstić information content (AvgIpc) is 3.11. The molecule has 1 fully saturated rings. The minimum atomic E-state index is -0.667. The SMILES string of the molecule is CCOC(=O)C(CC)(CC)c1nnc(C)n1C1CCCC1. The maximum atomic E-state index is 12.6. The third kappa shape index (κ3) is 2.70. The van der Waals surface area contributed by atoms with Crippen LogP contribution in [0.1, 0.15) is 77.0 Å². The van der Waals surface area contributed by atoms with Crippen LogP contribution in [0.25, 0.3) is 0 Å². The summed E-state index contributed by atoms with van der Waals surface area (Å²) in [4.78, 5) is 12.6. The Morgan fingerprint density at radius 3 is 2.38 bits per heavy atom. The molecule has 1 aliphatic rings. The molecular weight excluding hydrogens is 266 g/mol. The largest absolute Gasteiger partial charge is 0.465 e. The van der Waals surface area contributed by atoms with Crippen molar-refractivity contribution in [2.75, 3.05) is 6.61 Å². The minimum Gasteiger partial charge on any atom is -0.465 e. The standard InChI is InChI=1S/C16H27N3O2/c1-5-16(6-2,15(20)21-7-3)14-18-17-12(4)19(14)13-10-8-9-11-13/h13H,5-11H2,1-4H3. The zero-order valence-corrected chi connectivity index (χ0v) is 13.7. The van der Waals surface area contributed by atoms with E-state index in [0.29, 0.717) is 25.5 Å². The summed E-state index contributed by atoms with van der Waals surface area (Å²) in [6, 6.07) is 0.432. The smallest absolute Gasteiger partial charge is 0.319 e. The van der Waals surface area contributed by atoms with Crippen LogP contribution in [-0.4, -0.2) is 27.3 Å². The van der Waals surface area contributed by atoms with E-state index < -0.39 is 5.41 Å². The first-order valence-electron chi connectivity index (χ1n) is 8.19. The Morgan fingerprint density at radius 1 is 1.24 bits per heavy atom. The molecule has 0 saturated heterocycles. The van der Waals surface area contributed by atoms with Gasteiger partial charge in [0, 0.05) is 6.04 Å². The maximum absolute atomic E-state index is 12.6. The van der Waals surface area contributed by atoms with Crippen LogP contribution in [0.15, 0.2) is 0 Å². The van der Waals surface area contributed by atoms with Gasteiger partial charge in [0.05, 0.1) is 6.61 Å². The molecule has 1 aliphatic carbocycles. The third-order valence-electron chi connectivity index (χ3n) is 4.86. The van der Waals surface area contributed by atoms with E-state index in [1.807, 2.05) is 27.7 Å². The summed E-state index contributed by atoms with van der Waals surface area (Å²) in [5, 5.41) is 8.66. The fourth-order valence-electron chi connectivity index (χ4n) is 3.51. The highest BCUT2D eigenvalue weighted by atomic mass is 16.5. The van der Waals surface area contributed by atoms with Gasteiger partial charge in [-0.1, -0.05) is 26.7 Å². The second-order valence-electron chi connectivity index (χ2n) is 5.89. The molecule has 5 nitrogen and oxygen atoms in total. The van der Waals surface area contributed by atoms with Crippen molar-refractivity contribution >= 4 is 5.97 Å². The molecule has 0 aliphatic heterocycles. The van der Waals surface area contributed by atoms with Gasteiger partial charge in [0.2, 0.25) is 0 Å². The molecule has 0 unspecified atom stereocenters. The second-order valence-corrected chi connectivity index (χ2v) is 5.89. The van der Waals surface area contributed by atoms with Gasteiger partial charge < -0.3 is 9.30 Å². The minimum absolute atomic E-state index is 0.165. The van der Waals surface area contributed by atoms with Crippen molar-refractivity contribution in [2.45, 2.75) is 77.7 Å². The lowest BCUT2D eigenvalue weighted by molar-refractivity contribution is -0.151. The Bertz CT molecular complexity index is 486. The first-order chi connectivity index (χ1) is 10.1. The van der Waals surface area contributed by atoms with Crippen molar-refractivity contribution in [3.05, 3.63) is 11.6 Å². The second kappa shape index (κ2) is 6.58. The van der Waals surface area contributed by atoms with Gasteiger partial charge in [-0.3, -0.25) is 4.79 Å². The number of hydrogen-bond acceptors (Lipinski definition) is 4. The van der Waals surface area contributed by atoms with E-state index in [-0.39, 0.29) is 5.97 Å². The van der Waals surface area contributed by atoms with Crippen molar-refractivity contribution < 1.29 is 9.53 Å². The summed E-state index contributed by atoms with van der Waals surface area (Å²) in [6.07, 6.45) is 6.16. The van der Waals surface area contributed by atoms with Crippen LogP contribution < -0.4 is 0 Å². The molecule has 0 atom stereocenters. The van der Waals surface area contributed by atoms with Gasteiger partial charge >= 0.3 is 5.97 Å². The predicted molar refractivity (Wildman–Crippen MR) is 81.2 cm³/mol. The number of aromatic nitrogens is 3. The number of rotatable bonds is 6. The van der Waals surface area contributed by atoms with Crippen molar-refractivity contribution in [1.82, 2.24) is 14.8 Å². The molecule has 1 saturated carbocycles. The highest BCUT2D eigenvalue weighted by Gasteiger charge is 2.44. The first kappa shape index (κ1) is 16.0. The molecule has 21 heavy (non-hydrogen) atoms. The molecule has 0 radical (unpaired) electrons. The summed E-state index contributed by atoms with van der Waals surface area (Å²) in [6.45, 7) is 8.29. The summed E-state index contributed by atoms with van der Waals surface area (Å²) in [5.41, 5.74) is -0.667. The van der Waals surface area contributed by atoms with Gasteiger partial charge in [-0.05, 0) is 39.5 Å². The number of carbonyl (C=O) groups is 1. The molecule has 0 spiro atoms. The predicted octanol–water partition coefficient (Wildman–Crippen LogP) is 3.32. The van der Waals surface area contributed by atoms with Gasteiger partial charge in [-0.25, -0.2) is 0 Å². The van der Waals surface area contributed by atoms with E-state index in [4.69, 9.17) is 4.74 Å². The fraction of sp³-hybridized carbons (Fsp3) is 0.812. The summed E-state index contributed by atoms with van der Waals surface area (Å²) in [7, 11) is 0. The molecule has 2 rings (SSSR count). The number of ether oxygens (including phenoxy) is 1. The fourth-order valence-corrected chi connectivity index (χ4v) is 3.51. The molecule has 1 aromatic rings. The Balaban J connectivity index is 2.48.